The van der Waals surface area contributed by atoms with Gasteiger partial charge in [-0.3, -0.25) is 0 Å². The second kappa shape index (κ2) is 6.22. The van der Waals surface area contributed by atoms with Crippen molar-refractivity contribution in [3.8, 4) is 5.69 Å². The van der Waals surface area contributed by atoms with E-state index in [0.29, 0.717) is 6.04 Å². The molecule has 6 heteroatoms. The number of carbonyl (C=O) groups excluding carboxylic acids is 1. The quantitative estimate of drug-likeness (QED) is 0.948. The van der Waals surface area contributed by atoms with Crippen LogP contribution in [0.4, 0.5) is 10.5 Å². The molecule has 0 saturated carbocycles. The molecule has 2 heterocycles. The molecule has 1 N–H and O–H groups in total. The average Bonchev–Trinajstić information content (AvgIpc) is 3.20. The van der Waals surface area contributed by atoms with E-state index in [0.717, 1.165) is 29.3 Å². The smallest absolute Gasteiger partial charge is 0.321 e. The molecule has 1 atom stereocenters. The first-order valence-corrected chi connectivity index (χ1v) is 8.11. The van der Waals surface area contributed by atoms with Crippen LogP contribution in [-0.2, 0) is 0 Å². The Kier molecular flexibility index (Phi) is 4.15. The van der Waals surface area contributed by atoms with E-state index in [9.17, 15) is 4.79 Å². The van der Waals surface area contributed by atoms with Gasteiger partial charge >= 0.3 is 6.03 Å². The molecule has 0 spiro atoms. The highest BCUT2D eigenvalue weighted by atomic mass is 32.2. The van der Waals surface area contributed by atoms with Crippen molar-refractivity contribution in [2.24, 2.45) is 0 Å². The Bertz CT molecular complexity index is 591. The Balaban J connectivity index is 1.63. The van der Waals surface area contributed by atoms with Crippen LogP contribution in [-0.4, -0.2) is 45.3 Å². The number of urea groups is 1. The maximum absolute atomic E-state index is 12.2. The molecule has 0 radical (unpaired) electrons. The Hall–Kier alpha value is -1.95. The van der Waals surface area contributed by atoms with Crippen LogP contribution in [0.15, 0.2) is 42.7 Å². The lowest BCUT2D eigenvalue weighted by Gasteiger charge is -2.24. The number of carbonyl (C=O) groups is 1. The monoisotopic (exact) mass is 302 g/mol. The third-order valence-corrected chi connectivity index (χ3v) is 4.81. The highest BCUT2D eigenvalue weighted by Crippen LogP contribution is 2.22. The number of aromatic nitrogens is 2. The van der Waals surface area contributed by atoms with E-state index in [4.69, 9.17) is 0 Å². The van der Waals surface area contributed by atoms with Crippen LogP contribution in [0, 0.1) is 0 Å². The molecule has 1 aliphatic heterocycles. The molecule has 1 unspecified atom stereocenters. The zero-order valence-corrected chi connectivity index (χ0v) is 12.7. The summed E-state index contributed by atoms with van der Waals surface area (Å²) in [5.74, 6) is 2.17. The number of nitrogens with one attached hydrogen (secondary N) is 1. The summed E-state index contributed by atoms with van der Waals surface area (Å²) in [6, 6.07) is 9.85. The predicted octanol–water partition coefficient (Wildman–Crippen LogP) is 2.84. The number of hydrogen-bond donors (Lipinski definition) is 1. The third-order valence-electron chi connectivity index (χ3n) is 3.66. The van der Waals surface area contributed by atoms with Crippen molar-refractivity contribution in [2.75, 3.05) is 23.9 Å². The van der Waals surface area contributed by atoms with Gasteiger partial charge in [-0.15, -0.1) is 0 Å². The van der Waals surface area contributed by atoms with Crippen LogP contribution in [0.25, 0.3) is 5.69 Å². The van der Waals surface area contributed by atoms with Crippen LogP contribution >= 0.6 is 11.8 Å². The van der Waals surface area contributed by atoms with E-state index in [-0.39, 0.29) is 6.03 Å². The fourth-order valence-electron chi connectivity index (χ4n) is 2.32. The highest BCUT2D eigenvalue weighted by molar-refractivity contribution is 7.99. The van der Waals surface area contributed by atoms with E-state index in [1.807, 2.05) is 55.3 Å². The molecular formula is C15H18N4OS. The molecule has 110 valence electrons. The van der Waals surface area contributed by atoms with Crippen molar-refractivity contribution in [3.05, 3.63) is 42.7 Å². The molecule has 3 rings (SSSR count). The molecule has 1 aromatic heterocycles. The molecule has 2 amide bonds. The second-order valence-corrected chi connectivity index (χ2v) is 6.21. The number of thioether (sulfide) groups is 1. The SMILES string of the molecule is CN(C(=O)Nc1ccc(-n2cccn2)cc1)C1CCSC1. The van der Waals surface area contributed by atoms with Gasteiger partial charge in [0.15, 0.2) is 0 Å². The van der Waals surface area contributed by atoms with Crippen molar-refractivity contribution >= 4 is 23.5 Å². The van der Waals surface area contributed by atoms with E-state index in [1.54, 1.807) is 15.8 Å². The van der Waals surface area contributed by atoms with Crippen molar-refractivity contribution in [2.45, 2.75) is 12.5 Å². The lowest BCUT2D eigenvalue weighted by Crippen LogP contribution is -2.39. The number of nitrogens with zero attached hydrogens (tertiary/aromatic N) is 3. The van der Waals surface area contributed by atoms with Crippen LogP contribution in [0.5, 0.6) is 0 Å². The number of anilines is 1. The minimum Gasteiger partial charge on any atom is -0.324 e. The summed E-state index contributed by atoms with van der Waals surface area (Å²) in [4.78, 5) is 14.0. The zero-order valence-electron chi connectivity index (χ0n) is 11.9. The maximum Gasteiger partial charge on any atom is 0.321 e. The zero-order chi connectivity index (χ0) is 14.7. The number of benzene rings is 1. The normalized spacial score (nSPS) is 17.7. The molecule has 21 heavy (non-hydrogen) atoms. The molecule has 1 saturated heterocycles. The van der Waals surface area contributed by atoms with Gasteiger partial charge in [0, 0.05) is 36.9 Å². The minimum absolute atomic E-state index is 0.0469. The molecule has 0 aliphatic carbocycles. The topological polar surface area (TPSA) is 50.2 Å². The number of amides is 2. The molecule has 1 aromatic carbocycles. The Morgan fingerprint density at radius 3 is 2.86 bits per heavy atom. The van der Waals surface area contributed by atoms with Gasteiger partial charge in [0.1, 0.15) is 0 Å². The Labute approximate surface area is 128 Å². The first-order valence-electron chi connectivity index (χ1n) is 6.96. The van der Waals surface area contributed by atoms with Gasteiger partial charge in [-0.05, 0) is 42.5 Å². The van der Waals surface area contributed by atoms with E-state index < -0.39 is 0 Å². The highest BCUT2D eigenvalue weighted by Gasteiger charge is 2.23. The molecule has 1 aliphatic rings. The summed E-state index contributed by atoms with van der Waals surface area (Å²) in [5.41, 5.74) is 1.77. The van der Waals surface area contributed by atoms with Gasteiger partial charge < -0.3 is 10.2 Å². The maximum atomic E-state index is 12.2. The fraction of sp³-hybridized carbons (Fsp3) is 0.333. The third kappa shape index (κ3) is 3.21. The van der Waals surface area contributed by atoms with Crippen molar-refractivity contribution in [1.29, 1.82) is 0 Å². The Morgan fingerprint density at radius 1 is 1.43 bits per heavy atom. The summed E-state index contributed by atoms with van der Waals surface area (Å²) in [6.45, 7) is 0. The predicted molar refractivity (Wildman–Crippen MR) is 86.1 cm³/mol. The average molecular weight is 302 g/mol. The van der Waals surface area contributed by atoms with Crippen LogP contribution < -0.4 is 5.32 Å². The van der Waals surface area contributed by atoms with Crippen LogP contribution in [0.1, 0.15) is 6.42 Å². The van der Waals surface area contributed by atoms with Crippen molar-refractivity contribution < 1.29 is 4.79 Å². The van der Waals surface area contributed by atoms with Gasteiger partial charge in [0.2, 0.25) is 0 Å². The lowest BCUT2D eigenvalue weighted by atomic mass is 10.2. The van der Waals surface area contributed by atoms with Crippen LogP contribution in [0.3, 0.4) is 0 Å². The summed E-state index contributed by atoms with van der Waals surface area (Å²) in [5, 5.41) is 7.12. The van der Waals surface area contributed by atoms with Gasteiger partial charge in [0.25, 0.3) is 0 Å². The van der Waals surface area contributed by atoms with Gasteiger partial charge in [0.05, 0.1) is 5.69 Å². The fourth-order valence-corrected chi connectivity index (χ4v) is 3.59. The van der Waals surface area contributed by atoms with Gasteiger partial charge in [-0.2, -0.15) is 16.9 Å². The van der Waals surface area contributed by atoms with Crippen molar-refractivity contribution in [1.82, 2.24) is 14.7 Å². The molecule has 1 fully saturated rings. The summed E-state index contributed by atoms with van der Waals surface area (Å²) < 4.78 is 1.79. The largest absolute Gasteiger partial charge is 0.324 e. The van der Waals surface area contributed by atoms with Gasteiger partial charge in [-0.25, -0.2) is 9.48 Å². The second-order valence-electron chi connectivity index (χ2n) is 5.06. The van der Waals surface area contributed by atoms with E-state index in [2.05, 4.69) is 10.4 Å². The first-order chi connectivity index (χ1) is 10.2. The molecule has 2 aromatic rings. The number of rotatable bonds is 3. The van der Waals surface area contributed by atoms with E-state index in [1.165, 1.54) is 0 Å². The van der Waals surface area contributed by atoms with Crippen LogP contribution in [0.2, 0.25) is 0 Å². The summed E-state index contributed by atoms with van der Waals surface area (Å²) in [6.07, 6.45) is 4.70. The number of hydrogen-bond acceptors (Lipinski definition) is 3. The standard InChI is InChI=1S/C15H18N4OS/c1-18(14-7-10-21-11-14)15(20)17-12-3-5-13(6-4-12)19-9-2-8-16-19/h2-6,8-9,14H,7,10-11H2,1H3,(H,17,20). The van der Waals surface area contributed by atoms with E-state index >= 15 is 0 Å². The Morgan fingerprint density at radius 2 is 2.24 bits per heavy atom. The lowest BCUT2D eigenvalue weighted by molar-refractivity contribution is 0.209. The van der Waals surface area contributed by atoms with Gasteiger partial charge in [-0.1, -0.05) is 0 Å². The molecular weight excluding hydrogens is 284 g/mol. The summed E-state index contributed by atoms with van der Waals surface area (Å²) >= 11 is 1.90. The molecule has 0 bridgehead atoms. The summed E-state index contributed by atoms with van der Waals surface area (Å²) in [7, 11) is 1.87. The van der Waals surface area contributed by atoms with Crippen molar-refractivity contribution in [3.63, 3.8) is 0 Å². The molecule has 5 nitrogen and oxygen atoms in total. The first kappa shape index (κ1) is 14.0. The minimum atomic E-state index is -0.0469.